The SMILES string of the molecule is OC(c1cc(F)ccc1Cl)c1ccccc1C1CC1. The summed E-state index contributed by atoms with van der Waals surface area (Å²) in [5, 5.41) is 10.9. The Kier molecular flexibility index (Phi) is 3.29. The molecule has 0 radical (unpaired) electrons. The van der Waals surface area contributed by atoms with Crippen molar-refractivity contribution < 1.29 is 9.50 Å². The molecule has 0 aromatic heterocycles. The first-order valence-electron chi connectivity index (χ1n) is 6.38. The van der Waals surface area contributed by atoms with Crippen LogP contribution in [0.3, 0.4) is 0 Å². The molecular formula is C16H14ClFO. The van der Waals surface area contributed by atoms with Gasteiger partial charge < -0.3 is 5.11 Å². The number of halogens is 2. The predicted octanol–water partition coefficient (Wildman–Crippen LogP) is 4.44. The van der Waals surface area contributed by atoms with Gasteiger partial charge in [-0.1, -0.05) is 35.9 Å². The van der Waals surface area contributed by atoms with Gasteiger partial charge in [-0.3, -0.25) is 0 Å². The molecule has 1 N–H and O–H groups in total. The van der Waals surface area contributed by atoms with E-state index in [1.807, 2.05) is 24.3 Å². The molecule has 0 aliphatic heterocycles. The minimum absolute atomic E-state index is 0.387. The molecule has 1 aliphatic carbocycles. The van der Waals surface area contributed by atoms with Crippen molar-refractivity contribution in [3.8, 4) is 0 Å². The van der Waals surface area contributed by atoms with Crippen LogP contribution in [0.15, 0.2) is 42.5 Å². The van der Waals surface area contributed by atoms with Gasteiger partial charge in [-0.25, -0.2) is 4.39 Å². The maximum atomic E-state index is 13.3. The zero-order valence-electron chi connectivity index (χ0n) is 10.3. The van der Waals surface area contributed by atoms with Crippen LogP contribution < -0.4 is 0 Å². The fraction of sp³-hybridized carbons (Fsp3) is 0.250. The quantitative estimate of drug-likeness (QED) is 0.879. The fourth-order valence-corrected chi connectivity index (χ4v) is 2.64. The molecule has 0 bridgehead atoms. The largest absolute Gasteiger partial charge is 0.384 e. The molecule has 1 saturated carbocycles. The standard InChI is InChI=1S/C16H14ClFO/c17-15-8-7-11(18)9-14(15)16(19)13-4-2-1-3-12(13)10-5-6-10/h1-4,7-10,16,19H,5-6H2. The summed E-state index contributed by atoms with van der Waals surface area (Å²) < 4.78 is 13.3. The van der Waals surface area contributed by atoms with E-state index in [1.54, 1.807) is 0 Å². The van der Waals surface area contributed by atoms with Gasteiger partial charge in [0.1, 0.15) is 11.9 Å². The van der Waals surface area contributed by atoms with Gasteiger partial charge in [-0.2, -0.15) is 0 Å². The maximum Gasteiger partial charge on any atom is 0.123 e. The van der Waals surface area contributed by atoms with Gasteiger partial charge in [-0.05, 0) is 48.1 Å². The number of rotatable bonds is 3. The molecule has 1 unspecified atom stereocenters. The Balaban J connectivity index is 2.04. The van der Waals surface area contributed by atoms with Gasteiger partial charge in [-0.15, -0.1) is 0 Å². The molecule has 0 saturated heterocycles. The fourth-order valence-electron chi connectivity index (χ4n) is 2.42. The zero-order valence-corrected chi connectivity index (χ0v) is 11.1. The van der Waals surface area contributed by atoms with Crippen molar-refractivity contribution in [3.05, 3.63) is 70.0 Å². The van der Waals surface area contributed by atoms with Crippen molar-refractivity contribution in [3.63, 3.8) is 0 Å². The normalized spacial score (nSPS) is 16.4. The van der Waals surface area contributed by atoms with Gasteiger partial charge in [0, 0.05) is 10.6 Å². The van der Waals surface area contributed by atoms with E-state index in [9.17, 15) is 9.50 Å². The third kappa shape index (κ3) is 2.51. The van der Waals surface area contributed by atoms with E-state index in [4.69, 9.17) is 11.6 Å². The lowest BCUT2D eigenvalue weighted by molar-refractivity contribution is 0.218. The van der Waals surface area contributed by atoms with Crippen LogP contribution in [0.25, 0.3) is 0 Å². The maximum absolute atomic E-state index is 13.3. The minimum Gasteiger partial charge on any atom is -0.384 e. The van der Waals surface area contributed by atoms with E-state index in [2.05, 4.69) is 0 Å². The van der Waals surface area contributed by atoms with E-state index >= 15 is 0 Å². The third-order valence-corrected chi connectivity index (χ3v) is 3.90. The highest BCUT2D eigenvalue weighted by molar-refractivity contribution is 6.31. The molecule has 3 rings (SSSR count). The second kappa shape index (κ2) is 4.95. The molecule has 1 atom stereocenters. The Hall–Kier alpha value is -1.38. The minimum atomic E-state index is -0.875. The molecule has 3 heteroatoms. The van der Waals surface area contributed by atoms with Gasteiger partial charge in [0.25, 0.3) is 0 Å². The van der Waals surface area contributed by atoms with Crippen LogP contribution in [0, 0.1) is 5.82 Å². The molecule has 0 amide bonds. The summed E-state index contributed by atoms with van der Waals surface area (Å²) in [5.41, 5.74) is 2.41. The van der Waals surface area contributed by atoms with Gasteiger partial charge in [0.2, 0.25) is 0 Å². The van der Waals surface area contributed by atoms with Crippen molar-refractivity contribution in [1.29, 1.82) is 0 Å². The zero-order chi connectivity index (χ0) is 13.4. The third-order valence-electron chi connectivity index (χ3n) is 3.56. The Labute approximate surface area is 116 Å². The Morgan fingerprint density at radius 3 is 2.58 bits per heavy atom. The lowest BCUT2D eigenvalue weighted by atomic mass is 9.94. The van der Waals surface area contributed by atoms with Crippen LogP contribution in [0.5, 0.6) is 0 Å². The Bertz CT molecular complexity index is 607. The summed E-state index contributed by atoms with van der Waals surface area (Å²) in [6.07, 6.45) is 1.43. The van der Waals surface area contributed by atoms with Crippen molar-refractivity contribution in [1.82, 2.24) is 0 Å². The lowest BCUT2D eigenvalue weighted by Gasteiger charge is -2.17. The van der Waals surface area contributed by atoms with E-state index in [1.165, 1.54) is 18.2 Å². The van der Waals surface area contributed by atoms with Gasteiger partial charge in [0.05, 0.1) is 0 Å². The summed E-state index contributed by atoms with van der Waals surface area (Å²) in [5.74, 6) is 0.139. The van der Waals surface area contributed by atoms with Crippen molar-refractivity contribution in [2.45, 2.75) is 24.9 Å². The summed E-state index contributed by atoms with van der Waals surface area (Å²) >= 11 is 6.06. The second-order valence-electron chi connectivity index (χ2n) is 4.97. The first-order chi connectivity index (χ1) is 9.16. The number of benzene rings is 2. The van der Waals surface area contributed by atoms with Crippen molar-refractivity contribution in [2.75, 3.05) is 0 Å². The van der Waals surface area contributed by atoms with E-state index in [0.717, 1.165) is 24.0 Å². The molecule has 0 spiro atoms. The van der Waals surface area contributed by atoms with Crippen molar-refractivity contribution in [2.24, 2.45) is 0 Å². The van der Waals surface area contributed by atoms with Crippen LogP contribution in [0.2, 0.25) is 5.02 Å². The van der Waals surface area contributed by atoms with E-state index < -0.39 is 6.10 Å². The Morgan fingerprint density at radius 1 is 1.11 bits per heavy atom. The molecule has 0 heterocycles. The smallest absolute Gasteiger partial charge is 0.123 e. The van der Waals surface area contributed by atoms with Crippen LogP contribution in [0.4, 0.5) is 4.39 Å². The summed E-state index contributed by atoms with van der Waals surface area (Å²) in [4.78, 5) is 0. The molecule has 98 valence electrons. The number of aliphatic hydroxyl groups is 1. The molecule has 2 aromatic carbocycles. The summed E-state index contributed by atoms with van der Waals surface area (Å²) in [6.45, 7) is 0. The molecule has 19 heavy (non-hydrogen) atoms. The highest BCUT2D eigenvalue weighted by Gasteiger charge is 2.28. The van der Waals surface area contributed by atoms with E-state index in [-0.39, 0.29) is 5.82 Å². The van der Waals surface area contributed by atoms with Crippen LogP contribution in [-0.2, 0) is 0 Å². The Morgan fingerprint density at radius 2 is 1.84 bits per heavy atom. The molecule has 1 aliphatic rings. The summed E-state index contributed by atoms with van der Waals surface area (Å²) in [7, 11) is 0. The monoisotopic (exact) mass is 276 g/mol. The second-order valence-corrected chi connectivity index (χ2v) is 5.38. The van der Waals surface area contributed by atoms with Crippen LogP contribution in [-0.4, -0.2) is 5.11 Å². The van der Waals surface area contributed by atoms with E-state index in [0.29, 0.717) is 16.5 Å². The molecule has 2 aromatic rings. The molecular weight excluding hydrogens is 263 g/mol. The topological polar surface area (TPSA) is 20.2 Å². The lowest BCUT2D eigenvalue weighted by Crippen LogP contribution is -2.04. The van der Waals surface area contributed by atoms with Crippen molar-refractivity contribution >= 4 is 11.6 Å². The number of aliphatic hydroxyl groups excluding tert-OH is 1. The highest BCUT2D eigenvalue weighted by atomic mass is 35.5. The van der Waals surface area contributed by atoms with Gasteiger partial charge in [0.15, 0.2) is 0 Å². The predicted molar refractivity (Wildman–Crippen MR) is 73.9 cm³/mol. The highest BCUT2D eigenvalue weighted by Crippen LogP contribution is 2.44. The van der Waals surface area contributed by atoms with Gasteiger partial charge >= 0.3 is 0 Å². The van der Waals surface area contributed by atoms with Crippen LogP contribution >= 0.6 is 11.6 Å². The first kappa shape index (κ1) is 12.6. The van der Waals surface area contributed by atoms with Crippen LogP contribution in [0.1, 0.15) is 41.6 Å². The number of hydrogen-bond donors (Lipinski definition) is 1. The molecule has 1 fully saturated rings. The molecule has 1 nitrogen and oxygen atoms in total. The average Bonchev–Trinajstić information content (AvgIpc) is 3.25. The first-order valence-corrected chi connectivity index (χ1v) is 6.76. The summed E-state index contributed by atoms with van der Waals surface area (Å²) in [6, 6.07) is 11.9. The average molecular weight is 277 g/mol. The number of hydrogen-bond acceptors (Lipinski definition) is 1.